The summed E-state index contributed by atoms with van der Waals surface area (Å²) in [5.41, 5.74) is 14.6. The molecule has 20 rings (SSSR count). The van der Waals surface area contributed by atoms with Crippen LogP contribution in [0.1, 0.15) is 148 Å². The summed E-state index contributed by atoms with van der Waals surface area (Å²) in [6, 6.07) is 48.6. The predicted octanol–water partition coefficient (Wildman–Crippen LogP) is 22.3. The van der Waals surface area contributed by atoms with Crippen LogP contribution in [-0.4, -0.2) is 161 Å². The lowest BCUT2D eigenvalue weighted by atomic mass is 10.0. The van der Waals surface area contributed by atoms with E-state index in [1.165, 1.54) is 33.5 Å². The third-order valence-electron chi connectivity index (χ3n) is 26.0. The Balaban J connectivity index is 0.000000132. The van der Waals surface area contributed by atoms with Gasteiger partial charge < -0.3 is 52.8 Å². The monoisotopic (exact) mass is 1940 g/mol. The van der Waals surface area contributed by atoms with Crippen LogP contribution < -0.4 is 33.2 Å². The van der Waals surface area contributed by atoms with E-state index < -0.39 is 17.5 Å². The van der Waals surface area contributed by atoms with Gasteiger partial charge in [-0.3, -0.25) is 56.7 Å². The number of halogens is 4. The molecule has 0 radical (unpaired) electrons. The number of carbonyl (C=O) groups is 4. The van der Waals surface area contributed by atoms with Crippen molar-refractivity contribution in [1.29, 1.82) is 0 Å². The molecule has 4 saturated heterocycles. The summed E-state index contributed by atoms with van der Waals surface area (Å²) in [6.45, 7) is 24.4. The van der Waals surface area contributed by atoms with Crippen molar-refractivity contribution in [3.8, 4) is 132 Å². The molecule has 4 aliphatic heterocycles. The van der Waals surface area contributed by atoms with Crippen molar-refractivity contribution < 1.29 is 69.9 Å². The molecule has 27 nitrogen and oxygen atoms in total. The normalized spacial score (nSPS) is 15.3. The lowest BCUT2D eigenvalue weighted by molar-refractivity contribution is -0.130. The number of hydrogen-bond donors (Lipinski definition) is 0. The number of imidazole rings is 4. The van der Waals surface area contributed by atoms with Crippen LogP contribution >= 0.6 is 0 Å². The number of aryl methyl sites for hydroxylation is 5. The van der Waals surface area contributed by atoms with Gasteiger partial charge in [-0.15, -0.1) is 0 Å². The van der Waals surface area contributed by atoms with E-state index >= 15 is 0 Å². The number of amides is 4. The van der Waals surface area contributed by atoms with Crippen molar-refractivity contribution in [1.82, 2.24) is 77.1 Å². The second-order valence-corrected chi connectivity index (χ2v) is 35.0. The molecule has 8 aromatic heterocycles. The Bertz CT molecular complexity index is 7650. The number of rotatable bonds is 22. The molecule has 144 heavy (non-hydrogen) atoms. The van der Waals surface area contributed by atoms with Gasteiger partial charge in [0.2, 0.25) is 29.3 Å². The number of aromatic nitrogens is 12. The van der Waals surface area contributed by atoms with E-state index in [1.807, 2.05) is 129 Å². The number of benzene rings is 8. The zero-order valence-electron chi connectivity index (χ0n) is 81.4. The fourth-order valence-electron chi connectivity index (χ4n) is 18.9. The molecule has 31 heteroatoms. The van der Waals surface area contributed by atoms with E-state index in [0.29, 0.717) is 74.3 Å². The van der Waals surface area contributed by atoms with Crippen molar-refractivity contribution >= 4 is 45.7 Å². The topological polar surface area (TPSA) is 267 Å². The van der Waals surface area contributed by atoms with Crippen molar-refractivity contribution in [3.63, 3.8) is 0 Å². The number of methoxy groups -OCH3 is 3. The fourth-order valence-corrected chi connectivity index (χ4v) is 18.9. The van der Waals surface area contributed by atoms with Crippen molar-refractivity contribution in [2.75, 3.05) is 60.6 Å². The molecule has 4 amide bonds. The van der Waals surface area contributed by atoms with Gasteiger partial charge in [0.25, 0.3) is 11.8 Å². The SMILES string of the molecule is C=CC(=O)N1CCCC[C@H]1c1nc(-c2ccc(Oc3cccc(OC)c3F)cc2)c2cncc(C)n12.C=CC(=O)N1CC[C@@H](c2nc(-c3ccc(Oc4cccc(CC)c4F)cc3)c3cncc(C)n23)C1.CC#CC(=O)N1CCCC[C@H]1c1nc(-c2ccc(Oc3cccc(OC)c3F)cc2)c2cncc(C)n12.CC#CC(=O)N1CC[C@@H](c2nc(-c3ccc(Oc4cccc(OC)c4F)cc3)c3cncc(C)n23)C1. The highest BCUT2D eigenvalue weighted by molar-refractivity contribution is 5.95. The van der Waals surface area contributed by atoms with Crippen LogP contribution in [0.15, 0.2) is 245 Å². The van der Waals surface area contributed by atoms with Gasteiger partial charge in [0.05, 0.1) is 103 Å². The molecule has 0 spiro atoms. The molecule has 4 aliphatic rings. The van der Waals surface area contributed by atoms with Crippen molar-refractivity contribution in [2.45, 2.75) is 130 Å². The summed E-state index contributed by atoms with van der Waals surface area (Å²) in [5.74, 6) is 14.8. The van der Waals surface area contributed by atoms with Gasteiger partial charge in [-0.1, -0.05) is 62.3 Å². The molecule has 0 unspecified atom stereocenters. The minimum Gasteiger partial charge on any atom is -0.494 e. The van der Waals surface area contributed by atoms with Crippen molar-refractivity contribution in [3.05, 3.63) is 320 Å². The molecule has 0 aliphatic carbocycles. The predicted molar refractivity (Wildman–Crippen MR) is 539 cm³/mol. The summed E-state index contributed by atoms with van der Waals surface area (Å²) >= 11 is 0. The van der Waals surface area contributed by atoms with E-state index in [4.69, 9.17) is 53.1 Å². The average molecular weight is 1940 g/mol. The molecule has 0 N–H and O–H groups in total. The highest BCUT2D eigenvalue weighted by atomic mass is 19.1. The summed E-state index contributed by atoms with van der Waals surface area (Å²) in [5, 5.41) is 0. The largest absolute Gasteiger partial charge is 0.494 e. The Morgan fingerprint density at radius 3 is 1.03 bits per heavy atom. The van der Waals surface area contributed by atoms with Crippen LogP contribution in [0.25, 0.3) is 67.1 Å². The maximum absolute atomic E-state index is 14.6. The average Bonchev–Trinajstić information content (AvgIpc) is 1.62. The Hall–Kier alpha value is -17.0. The van der Waals surface area contributed by atoms with Gasteiger partial charge in [0, 0.05) is 121 Å². The number of likely N-dealkylation sites (tertiary alicyclic amines) is 4. The minimum atomic E-state index is -0.556. The van der Waals surface area contributed by atoms with Gasteiger partial charge in [0.15, 0.2) is 46.1 Å². The van der Waals surface area contributed by atoms with Gasteiger partial charge in [-0.25, -0.2) is 24.3 Å². The second-order valence-electron chi connectivity index (χ2n) is 35.0. The van der Waals surface area contributed by atoms with E-state index in [9.17, 15) is 36.7 Å². The highest BCUT2D eigenvalue weighted by Crippen LogP contribution is 2.44. The van der Waals surface area contributed by atoms with Crippen LogP contribution in [-0.2, 0) is 25.6 Å². The summed E-state index contributed by atoms with van der Waals surface area (Å²) in [4.78, 5) is 94.8. The number of carbonyl (C=O) groups excluding carboxylic acids is 4. The molecule has 0 bridgehead atoms. The van der Waals surface area contributed by atoms with E-state index in [0.717, 1.165) is 165 Å². The van der Waals surface area contributed by atoms with Gasteiger partial charge in [-0.2, -0.15) is 13.2 Å². The van der Waals surface area contributed by atoms with E-state index in [1.54, 1.807) is 159 Å². The first kappa shape index (κ1) is 98.6. The summed E-state index contributed by atoms with van der Waals surface area (Å²) in [6.07, 6.45) is 25.0. The number of hydrogen-bond acceptors (Lipinski definition) is 19. The van der Waals surface area contributed by atoms with Gasteiger partial charge in [-0.05, 0) is 268 Å². The Kier molecular flexibility index (Phi) is 30.3. The molecule has 0 saturated carbocycles. The molecule has 16 aromatic rings. The third-order valence-corrected chi connectivity index (χ3v) is 26.0. The lowest BCUT2D eigenvalue weighted by Crippen LogP contribution is -2.38. The molecule has 4 atom stereocenters. The van der Waals surface area contributed by atoms with Crippen molar-refractivity contribution in [2.24, 2.45) is 0 Å². The van der Waals surface area contributed by atoms with E-state index in [-0.39, 0.29) is 93.6 Å². The highest BCUT2D eigenvalue weighted by Gasteiger charge is 2.37. The molecular weight excluding hydrogens is 1830 g/mol. The third kappa shape index (κ3) is 20.7. The standard InChI is InChI=1S/C29H27FN4O3.C28H27FN4O3.C28H25FN4O3.C28H27FN4O2/c1-4-8-26(35)33-16-6-5-9-22(33)29-32-28(23-18-31-17-19(2)34(23)29)20-12-14-21(15-13-20)37-25-11-7-10-24(36-3)27(25)30;1-4-25(34)32-15-6-5-8-21(32)28-31-27(22-17-30-16-18(2)33(22)28)19-11-13-20(14-12-19)36-24-10-7-9-23(35-3)26(24)29;1-4-6-25(34)32-14-13-20(17-32)28-31-27(22-16-30-15-18(2)33(22)28)19-9-11-21(12-10-19)36-24-8-5-7-23(35-3)26(24)29;1-4-19-7-6-8-24(26(19)29)35-22-11-9-20(10-12-22)27-23-16-30-15-18(3)33(23)28(31-27)21-13-14-32(17-21)25(34)5-2/h7,10-15,17-18,22H,5-6,9,16H2,1-3H3;4,7,9-14,16-17,21H,1,5-6,8,15H2,2-3H3;5,7-12,15-16,20H,13-14,17H2,1-3H3;5-12,15-16,21H,2,4,13-14,17H2,1,3H3/t22-;21-;20-;21-/m0011/s1. The maximum atomic E-state index is 14.6. The second kappa shape index (κ2) is 44.2. The summed E-state index contributed by atoms with van der Waals surface area (Å²) < 4.78 is 105. The molecular formula is C113H106F4N16O11. The zero-order chi connectivity index (χ0) is 101. The number of fused-ring (bicyclic) bond motifs is 4. The van der Waals surface area contributed by atoms with Gasteiger partial charge in [0.1, 0.15) is 46.3 Å². The first-order valence-electron chi connectivity index (χ1n) is 47.5. The number of nitrogens with zero attached hydrogens (tertiary/aromatic N) is 16. The molecule has 8 aromatic carbocycles. The minimum absolute atomic E-state index is 0.0523. The zero-order valence-corrected chi connectivity index (χ0v) is 81.4. The van der Waals surface area contributed by atoms with Crippen LogP contribution in [0.2, 0.25) is 0 Å². The quantitative estimate of drug-likeness (QED) is 0.0346. The smallest absolute Gasteiger partial charge is 0.299 e. The maximum Gasteiger partial charge on any atom is 0.299 e. The van der Waals surface area contributed by atoms with E-state index in [2.05, 4.69) is 74.4 Å². The Morgan fingerprint density at radius 2 is 0.681 bits per heavy atom. The molecule has 12 heterocycles. The first-order chi connectivity index (χ1) is 70.0. The first-order valence-corrected chi connectivity index (χ1v) is 47.5. The molecule has 4 fully saturated rings. The summed E-state index contributed by atoms with van der Waals surface area (Å²) in [7, 11) is 4.24. The van der Waals surface area contributed by atoms with Crippen LogP contribution in [0.5, 0.6) is 63.2 Å². The van der Waals surface area contributed by atoms with Crippen LogP contribution in [0.3, 0.4) is 0 Å². The fraction of sp³-hybridized carbons (Fsp3) is 0.257. The van der Waals surface area contributed by atoms with Crippen LogP contribution in [0.4, 0.5) is 17.6 Å². The number of ether oxygens (including phenoxy) is 7. The Morgan fingerprint density at radius 1 is 0.368 bits per heavy atom. The Labute approximate surface area is 830 Å². The number of piperidine rings is 2. The molecule has 732 valence electrons. The van der Waals surface area contributed by atoms with Gasteiger partial charge >= 0.3 is 0 Å². The van der Waals surface area contributed by atoms with Crippen LogP contribution in [0, 0.1) is 74.6 Å². The lowest BCUT2D eigenvalue weighted by Gasteiger charge is -2.34.